The molecule has 0 unspecified atom stereocenters. The van der Waals surface area contributed by atoms with Crippen molar-refractivity contribution in [2.45, 2.75) is 6.92 Å². The number of ether oxygens (including phenoxy) is 1. The number of piperazine rings is 1. The van der Waals surface area contributed by atoms with Crippen LogP contribution in [-0.4, -0.2) is 59.7 Å². The smallest absolute Gasteiger partial charge is 0.409 e. The molecule has 7 nitrogen and oxygen atoms in total. The number of hydrogen-bond donors (Lipinski definition) is 2. The number of aromatic nitrogens is 1. The number of nitrogens with zero attached hydrogens (tertiary/aromatic N) is 2. The highest BCUT2D eigenvalue weighted by Gasteiger charge is 2.25. The molecule has 23 heavy (non-hydrogen) atoms. The third-order valence-electron chi connectivity index (χ3n) is 3.93. The van der Waals surface area contributed by atoms with Crippen molar-refractivity contribution in [3.05, 3.63) is 30.5 Å². The van der Waals surface area contributed by atoms with Gasteiger partial charge in [-0.2, -0.15) is 0 Å². The molecule has 1 saturated heterocycles. The lowest BCUT2D eigenvalue weighted by atomic mass is 10.2. The van der Waals surface area contributed by atoms with Gasteiger partial charge >= 0.3 is 12.1 Å². The molecular formula is C16H20N4O3. The Bertz CT molecular complexity index is 704. The zero-order valence-electron chi connectivity index (χ0n) is 13.0. The number of fused-ring (bicyclic) bond motifs is 1. The van der Waals surface area contributed by atoms with Gasteiger partial charge in [0.05, 0.1) is 12.3 Å². The number of carbonyl (C=O) groups is 2. The molecule has 1 aromatic heterocycles. The molecule has 1 fully saturated rings. The summed E-state index contributed by atoms with van der Waals surface area (Å²) in [6, 6.07) is 7.52. The van der Waals surface area contributed by atoms with E-state index in [0.29, 0.717) is 32.8 Å². The highest BCUT2D eigenvalue weighted by molar-refractivity contribution is 6.00. The van der Waals surface area contributed by atoms with Crippen LogP contribution in [0.2, 0.25) is 0 Å². The van der Waals surface area contributed by atoms with E-state index in [1.165, 1.54) is 0 Å². The van der Waals surface area contributed by atoms with E-state index < -0.39 is 0 Å². The van der Waals surface area contributed by atoms with Crippen LogP contribution in [0.1, 0.15) is 6.92 Å². The fraction of sp³-hybridized carbons (Fsp3) is 0.375. The van der Waals surface area contributed by atoms with Gasteiger partial charge in [0.25, 0.3) is 0 Å². The van der Waals surface area contributed by atoms with Crippen LogP contribution in [-0.2, 0) is 4.74 Å². The Balaban J connectivity index is 1.60. The number of amides is 3. The lowest BCUT2D eigenvalue weighted by molar-refractivity contribution is 0.0869. The minimum Gasteiger partial charge on any atom is -0.450 e. The SMILES string of the molecule is CCOC(=O)N1CCN(C(=O)Nc2cccc3[nH]ccc23)CC1. The molecular weight excluding hydrogens is 296 g/mol. The summed E-state index contributed by atoms with van der Waals surface area (Å²) < 4.78 is 4.98. The van der Waals surface area contributed by atoms with Crippen molar-refractivity contribution < 1.29 is 14.3 Å². The summed E-state index contributed by atoms with van der Waals surface area (Å²) in [6.07, 6.45) is 1.53. The molecule has 122 valence electrons. The second-order valence-electron chi connectivity index (χ2n) is 5.35. The number of H-pyrrole nitrogens is 1. The van der Waals surface area contributed by atoms with Crippen molar-refractivity contribution in [2.24, 2.45) is 0 Å². The summed E-state index contributed by atoms with van der Waals surface area (Å²) in [6.45, 7) is 4.10. The number of nitrogens with one attached hydrogen (secondary N) is 2. The summed E-state index contributed by atoms with van der Waals surface area (Å²) in [5.41, 5.74) is 1.76. The molecule has 2 N–H and O–H groups in total. The lowest BCUT2D eigenvalue weighted by Crippen LogP contribution is -2.51. The summed E-state index contributed by atoms with van der Waals surface area (Å²) in [4.78, 5) is 30.5. The molecule has 0 aliphatic carbocycles. The monoisotopic (exact) mass is 316 g/mol. The number of benzene rings is 1. The van der Waals surface area contributed by atoms with Crippen LogP contribution in [0.4, 0.5) is 15.3 Å². The molecule has 0 bridgehead atoms. The molecule has 0 spiro atoms. The van der Waals surface area contributed by atoms with Crippen LogP contribution in [0.5, 0.6) is 0 Å². The van der Waals surface area contributed by atoms with Crippen molar-refractivity contribution >= 4 is 28.7 Å². The van der Waals surface area contributed by atoms with E-state index in [4.69, 9.17) is 4.74 Å². The molecule has 1 aromatic carbocycles. The summed E-state index contributed by atoms with van der Waals surface area (Å²) in [5.74, 6) is 0. The number of anilines is 1. The van der Waals surface area contributed by atoms with Gasteiger partial charge in [0, 0.05) is 43.3 Å². The van der Waals surface area contributed by atoms with Gasteiger partial charge in [-0.1, -0.05) is 6.07 Å². The maximum Gasteiger partial charge on any atom is 0.409 e. The molecule has 2 heterocycles. The Labute approximate surface area is 134 Å². The Kier molecular flexibility index (Phi) is 4.36. The molecule has 0 atom stereocenters. The average molecular weight is 316 g/mol. The fourth-order valence-electron chi connectivity index (χ4n) is 2.70. The maximum absolute atomic E-state index is 12.4. The van der Waals surface area contributed by atoms with Crippen LogP contribution in [0.25, 0.3) is 10.9 Å². The molecule has 0 radical (unpaired) electrons. The van der Waals surface area contributed by atoms with E-state index in [1.54, 1.807) is 16.7 Å². The third kappa shape index (κ3) is 3.23. The predicted molar refractivity (Wildman–Crippen MR) is 87.5 cm³/mol. The topological polar surface area (TPSA) is 77.7 Å². The first kappa shape index (κ1) is 15.2. The third-order valence-corrected chi connectivity index (χ3v) is 3.93. The predicted octanol–water partition coefficient (Wildman–Crippen LogP) is 2.47. The molecule has 2 aromatic rings. The van der Waals surface area contributed by atoms with Crippen LogP contribution < -0.4 is 5.32 Å². The van der Waals surface area contributed by atoms with Gasteiger partial charge in [-0.15, -0.1) is 0 Å². The van der Waals surface area contributed by atoms with Gasteiger partial charge in [0.1, 0.15) is 0 Å². The molecule has 7 heteroatoms. The van der Waals surface area contributed by atoms with Crippen molar-refractivity contribution in [1.29, 1.82) is 0 Å². The van der Waals surface area contributed by atoms with Crippen molar-refractivity contribution in [1.82, 2.24) is 14.8 Å². The van der Waals surface area contributed by atoms with Gasteiger partial charge in [-0.25, -0.2) is 9.59 Å². The van der Waals surface area contributed by atoms with Gasteiger partial charge in [-0.3, -0.25) is 0 Å². The molecule has 3 amide bonds. The van der Waals surface area contributed by atoms with E-state index in [9.17, 15) is 9.59 Å². The van der Waals surface area contributed by atoms with Gasteiger partial charge in [-0.05, 0) is 25.1 Å². The highest BCUT2D eigenvalue weighted by atomic mass is 16.6. The Morgan fingerprint density at radius 2 is 1.91 bits per heavy atom. The minimum absolute atomic E-state index is 0.151. The lowest BCUT2D eigenvalue weighted by Gasteiger charge is -2.34. The average Bonchev–Trinajstić information content (AvgIpc) is 3.05. The first-order valence-electron chi connectivity index (χ1n) is 7.72. The number of carbonyl (C=O) groups excluding carboxylic acids is 2. The van der Waals surface area contributed by atoms with Crippen molar-refractivity contribution in [2.75, 3.05) is 38.1 Å². The highest BCUT2D eigenvalue weighted by Crippen LogP contribution is 2.22. The molecule has 1 aliphatic heterocycles. The van der Waals surface area contributed by atoms with Gasteiger partial charge < -0.3 is 24.8 Å². The second kappa shape index (κ2) is 6.60. The summed E-state index contributed by atoms with van der Waals surface area (Å²) in [5, 5.41) is 3.92. The number of hydrogen-bond acceptors (Lipinski definition) is 3. The number of rotatable bonds is 2. The van der Waals surface area contributed by atoms with E-state index in [2.05, 4.69) is 10.3 Å². The Hall–Kier alpha value is -2.70. The number of urea groups is 1. The zero-order chi connectivity index (χ0) is 16.2. The normalized spacial score (nSPS) is 14.8. The fourth-order valence-corrected chi connectivity index (χ4v) is 2.70. The molecule has 1 aliphatic rings. The molecule has 3 rings (SSSR count). The first-order chi connectivity index (χ1) is 11.2. The Morgan fingerprint density at radius 3 is 2.65 bits per heavy atom. The van der Waals surface area contributed by atoms with Crippen LogP contribution in [0.15, 0.2) is 30.5 Å². The van der Waals surface area contributed by atoms with Gasteiger partial charge in [0.15, 0.2) is 0 Å². The van der Waals surface area contributed by atoms with E-state index in [0.717, 1.165) is 16.6 Å². The minimum atomic E-state index is -0.315. The zero-order valence-corrected chi connectivity index (χ0v) is 13.0. The van der Waals surface area contributed by atoms with E-state index in [-0.39, 0.29) is 12.1 Å². The maximum atomic E-state index is 12.4. The Morgan fingerprint density at radius 1 is 1.17 bits per heavy atom. The van der Waals surface area contributed by atoms with Crippen LogP contribution in [0, 0.1) is 0 Å². The van der Waals surface area contributed by atoms with Crippen molar-refractivity contribution in [3.63, 3.8) is 0 Å². The van der Waals surface area contributed by atoms with Crippen LogP contribution in [0.3, 0.4) is 0 Å². The standard InChI is InChI=1S/C16H20N4O3/c1-2-23-16(22)20-10-8-19(9-11-20)15(21)18-14-5-3-4-13-12(14)6-7-17-13/h3-7,17H,2,8-11H2,1H3,(H,18,21). The second-order valence-corrected chi connectivity index (χ2v) is 5.35. The first-order valence-corrected chi connectivity index (χ1v) is 7.72. The quantitative estimate of drug-likeness (QED) is 0.893. The van der Waals surface area contributed by atoms with E-state index in [1.807, 2.05) is 30.5 Å². The summed E-state index contributed by atoms with van der Waals surface area (Å²) >= 11 is 0. The van der Waals surface area contributed by atoms with Crippen LogP contribution >= 0.6 is 0 Å². The number of aromatic amines is 1. The largest absolute Gasteiger partial charge is 0.450 e. The summed E-state index contributed by atoms with van der Waals surface area (Å²) in [7, 11) is 0. The molecule has 0 saturated carbocycles. The van der Waals surface area contributed by atoms with E-state index >= 15 is 0 Å². The van der Waals surface area contributed by atoms with Gasteiger partial charge in [0.2, 0.25) is 0 Å². The van der Waals surface area contributed by atoms with Crippen molar-refractivity contribution in [3.8, 4) is 0 Å².